The van der Waals surface area contributed by atoms with Crippen LogP contribution in [0.5, 0.6) is 11.5 Å². The number of benzene rings is 2. The summed E-state index contributed by atoms with van der Waals surface area (Å²) in [5.74, 6) is -5.38. The molecule has 0 spiro atoms. The predicted molar refractivity (Wildman–Crippen MR) is 143 cm³/mol. The Kier molecular flexibility index (Phi) is 12.2. The molecule has 0 saturated heterocycles. The molecule has 220 valence electrons. The second kappa shape index (κ2) is 15.6. The van der Waals surface area contributed by atoms with Crippen LogP contribution in [0.3, 0.4) is 0 Å². The van der Waals surface area contributed by atoms with Crippen LogP contribution in [0.1, 0.15) is 30.4 Å². The van der Waals surface area contributed by atoms with Crippen molar-refractivity contribution in [3.63, 3.8) is 0 Å². The van der Waals surface area contributed by atoms with E-state index in [0.29, 0.717) is 17.4 Å². The summed E-state index contributed by atoms with van der Waals surface area (Å²) in [6.45, 7) is 0. The number of carbonyl (C=O) groups excluding carboxylic acids is 4. The molecular weight excluding hydrogens is 540 g/mol. The third-order valence-corrected chi connectivity index (χ3v) is 5.91. The Hall–Kier alpha value is -4.98. The van der Waals surface area contributed by atoms with Gasteiger partial charge >= 0.3 is 11.9 Å². The highest BCUT2D eigenvalue weighted by Gasteiger charge is 2.30. The summed E-state index contributed by atoms with van der Waals surface area (Å²) < 4.78 is 0. The van der Waals surface area contributed by atoms with E-state index < -0.39 is 66.7 Å². The fraction of sp³-hybridized carbons (Fsp3) is 0.333. The van der Waals surface area contributed by atoms with Crippen LogP contribution in [0, 0.1) is 0 Å². The summed E-state index contributed by atoms with van der Waals surface area (Å²) >= 11 is 0. The number of carboxylic acids is 2. The Balaban J connectivity index is 2.21. The number of aromatic hydroxyl groups is 2. The zero-order valence-corrected chi connectivity index (χ0v) is 21.9. The van der Waals surface area contributed by atoms with Gasteiger partial charge in [-0.15, -0.1) is 0 Å². The van der Waals surface area contributed by atoms with Crippen molar-refractivity contribution in [1.82, 2.24) is 16.0 Å². The second-order valence-corrected chi connectivity index (χ2v) is 9.25. The van der Waals surface area contributed by atoms with Gasteiger partial charge in [0.05, 0.1) is 18.5 Å². The molecule has 41 heavy (non-hydrogen) atoms. The van der Waals surface area contributed by atoms with Crippen LogP contribution in [-0.4, -0.2) is 80.5 Å². The van der Waals surface area contributed by atoms with E-state index in [9.17, 15) is 44.1 Å². The number of phenols is 2. The van der Waals surface area contributed by atoms with Crippen LogP contribution in [-0.2, 0) is 41.6 Å². The van der Waals surface area contributed by atoms with E-state index in [1.54, 1.807) is 12.1 Å². The minimum Gasteiger partial charge on any atom is -0.508 e. The lowest BCUT2D eigenvalue weighted by Gasteiger charge is -2.24. The number of carbonyl (C=O) groups is 6. The molecule has 14 heteroatoms. The van der Waals surface area contributed by atoms with E-state index in [-0.39, 0.29) is 30.8 Å². The number of phenolic OH excluding ortho intramolecular Hbond substituents is 2. The Labute approximate surface area is 234 Å². The largest absolute Gasteiger partial charge is 0.508 e. The molecule has 0 aromatic heterocycles. The van der Waals surface area contributed by atoms with Crippen molar-refractivity contribution in [3.05, 3.63) is 59.7 Å². The average Bonchev–Trinajstić information content (AvgIpc) is 2.92. The van der Waals surface area contributed by atoms with Gasteiger partial charge in [0, 0.05) is 12.8 Å². The van der Waals surface area contributed by atoms with Crippen molar-refractivity contribution in [1.29, 1.82) is 0 Å². The number of hydrogen-bond acceptors (Lipinski definition) is 9. The van der Waals surface area contributed by atoms with Crippen LogP contribution >= 0.6 is 0 Å². The van der Waals surface area contributed by atoms with E-state index in [1.165, 1.54) is 36.4 Å². The smallest absolute Gasteiger partial charge is 0.305 e. The van der Waals surface area contributed by atoms with Crippen molar-refractivity contribution >= 4 is 35.9 Å². The molecule has 2 rings (SSSR count). The number of amides is 3. The van der Waals surface area contributed by atoms with E-state index >= 15 is 0 Å². The molecule has 0 unspecified atom stereocenters. The molecule has 4 atom stereocenters. The highest BCUT2D eigenvalue weighted by molar-refractivity contribution is 5.95. The number of carboxylic acid groups (broad SMARTS) is 2. The zero-order chi connectivity index (χ0) is 30.5. The van der Waals surface area contributed by atoms with E-state index in [0.717, 1.165) is 0 Å². The van der Waals surface area contributed by atoms with E-state index in [1.807, 2.05) is 0 Å². The standard InChI is InChI=1S/C27H32N4O10/c28-20(11-15-1-6-18(33)7-2-15)25(39)30-21(12-16-3-8-19(34)9-4-16)27(41)31-22(13-24(37)38)26(40)29-17(14-32)5-10-23(35)36/h1-4,6-9,14,17,20-22,33-34H,5,10-13,28H2,(H,29,40)(H,30,39)(H,31,41)(H,35,36)(H,37,38)/t17-,20-,21-,22-/m0/s1. The first-order chi connectivity index (χ1) is 19.4. The van der Waals surface area contributed by atoms with Gasteiger partial charge in [0.2, 0.25) is 17.7 Å². The number of hydrogen-bond donors (Lipinski definition) is 8. The lowest BCUT2D eigenvalue weighted by molar-refractivity contribution is -0.141. The molecule has 0 fully saturated rings. The zero-order valence-electron chi connectivity index (χ0n) is 21.9. The van der Waals surface area contributed by atoms with Gasteiger partial charge < -0.3 is 46.9 Å². The highest BCUT2D eigenvalue weighted by atomic mass is 16.4. The summed E-state index contributed by atoms with van der Waals surface area (Å²) in [4.78, 5) is 72.4. The molecule has 2 aromatic rings. The van der Waals surface area contributed by atoms with Gasteiger partial charge in [0.15, 0.2) is 0 Å². The lowest BCUT2D eigenvalue weighted by atomic mass is 10.0. The maximum absolute atomic E-state index is 13.3. The molecule has 3 amide bonds. The first-order valence-electron chi connectivity index (χ1n) is 12.5. The predicted octanol–water partition coefficient (Wildman–Crippen LogP) is -0.797. The third kappa shape index (κ3) is 11.3. The molecule has 0 heterocycles. The van der Waals surface area contributed by atoms with Crippen molar-refractivity contribution in [2.45, 2.75) is 56.3 Å². The van der Waals surface area contributed by atoms with Crippen molar-refractivity contribution in [3.8, 4) is 11.5 Å². The van der Waals surface area contributed by atoms with Crippen LogP contribution in [0.4, 0.5) is 0 Å². The molecule has 0 aliphatic heterocycles. The van der Waals surface area contributed by atoms with Crippen molar-refractivity contribution in [2.75, 3.05) is 0 Å². The number of nitrogens with one attached hydrogen (secondary N) is 3. The maximum Gasteiger partial charge on any atom is 0.305 e. The van der Waals surface area contributed by atoms with Gasteiger partial charge in [0.25, 0.3) is 0 Å². The Morgan fingerprint density at radius 2 is 1.20 bits per heavy atom. The SMILES string of the molecule is N[C@@H](Cc1ccc(O)cc1)C(=O)N[C@@H](Cc1ccc(O)cc1)C(=O)N[C@@H](CC(=O)O)C(=O)N[C@H](C=O)CCC(=O)O. The molecule has 0 aliphatic rings. The fourth-order valence-corrected chi connectivity index (χ4v) is 3.73. The van der Waals surface area contributed by atoms with E-state index in [4.69, 9.17) is 10.8 Å². The van der Waals surface area contributed by atoms with Crippen LogP contribution in [0.25, 0.3) is 0 Å². The van der Waals surface area contributed by atoms with Crippen LogP contribution < -0.4 is 21.7 Å². The Morgan fingerprint density at radius 1 is 0.707 bits per heavy atom. The molecule has 14 nitrogen and oxygen atoms in total. The lowest BCUT2D eigenvalue weighted by Crippen LogP contribution is -2.57. The van der Waals surface area contributed by atoms with Gasteiger partial charge in [-0.25, -0.2) is 0 Å². The summed E-state index contributed by atoms with van der Waals surface area (Å²) in [6, 6.07) is 6.34. The Morgan fingerprint density at radius 3 is 1.68 bits per heavy atom. The molecule has 0 aliphatic carbocycles. The van der Waals surface area contributed by atoms with Gasteiger partial charge in [-0.2, -0.15) is 0 Å². The van der Waals surface area contributed by atoms with Gasteiger partial charge in [-0.1, -0.05) is 24.3 Å². The first-order valence-corrected chi connectivity index (χ1v) is 12.5. The minimum absolute atomic E-state index is 0.0266. The topological polar surface area (TPSA) is 245 Å². The average molecular weight is 573 g/mol. The monoisotopic (exact) mass is 572 g/mol. The molecule has 0 bridgehead atoms. The fourth-order valence-electron chi connectivity index (χ4n) is 3.73. The second-order valence-electron chi connectivity index (χ2n) is 9.25. The summed E-state index contributed by atoms with van der Waals surface area (Å²) in [5, 5.41) is 44.1. The quantitative estimate of drug-likeness (QED) is 0.116. The first kappa shape index (κ1) is 32.2. The number of aliphatic carboxylic acids is 2. The van der Waals surface area contributed by atoms with Gasteiger partial charge in [0.1, 0.15) is 29.9 Å². The molecule has 2 aromatic carbocycles. The molecule has 0 saturated carbocycles. The van der Waals surface area contributed by atoms with Crippen LogP contribution in [0.2, 0.25) is 0 Å². The highest BCUT2D eigenvalue weighted by Crippen LogP contribution is 2.13. The van der Waals surface area contributed by atoms with E-state index in [2.05, 4.69) is 16.0 Å². The van der Waals surface area contributed by atoms with Crippen molar-refractivity contribution in [2.24, 2.45) is 5.73 Å². The minimum atomic E-state index is -1.67. The molecule has 9 N–H and O–H groups in total. The van der Waals surface area contributed by atoms with Crippen LogP contribution in [0.15, 0.2) is 48.5 Å². The number of rotatable bonds is 16. The summed E-state index contributed by atoms with van der Waals surface area (Å²) in [5.41, 5.74) is 7.17. The number of aldehydes is 1. The number of nitrogens with two attached hydrogens (primary N) is 1. The normalized spacial score (nSPS) is 13.6. The Bertz CT molecular complexity index is 1230. The summed E-state index contributed by atoms with van der Waals surface area (Å²) in [6.07, 6.45) is -1.33. The maximum atomic E-state index is 13.3. The molecule has 0 radical (unpaired) electrons. The van der Waals surface area contributed by atoms with Gasteiger partial charge in [-0.05, 0) is 48.2 Å². The summed E-state index contributed by atoms with van der Waals surface area (Å²) in [7, 11) is 0. The van der Waals surface area contributed by atoms with Gasteiger partial charge in [-0.3, -0.25) is 24.0 Å². The van der Waals surface area contributed by atoms with Crippen molar-refractivity contribution < 1.29 is 49.2 Å². The molecular formula is C27H32N4O10. The third-order valence-electron chi connectivity index (χ3n) is 5.91.